The van der Waals surface area contributed by atoms with Crippen molar-refractivity contribution in [2.24, 2.45) is 0 Å². The molecule has 75 heavy (non-hydrogen) atoms. The molecule has 0 radical (unpaired) electrons. The third kappa shape index (κ3) is 44.0. The number of carbonyl (C=O) groups is 1. The molecule has 1 aliphatic heterocycles. The normalized spacial score (nSPS) is 19.5. The molecular formula is C66H117NO8. The molecule has 0 bridgehead atoms. The highest BCUT2D eigenvalue weighted by molar-refractivity contribution is 5.76. The smallest absolute Gasteiger partial charge is 0.220 e. The Balaban J connectivity index is 2.21. The van der Waals surface area contributed by atoms with Gasteiger partial charge in [-0.05, 0) is 83.5 Å². The third-order valence-electron chi connectivity index (χ3n) is 14.4. The lowest BCUT2D eigenvalue weighted by atomic mass is 9.99. The molecule has 1 amide bonds. The zero-order chi connectivity index (χ0) is 54.3. The molecule has 0 spiro atoms. The van der Waals surface area contributed by atoms with Crippen molar-refractivity contribution in [2.45, 2.75) is 314 Å². The summed E-state index contributed by atoms with van der Waals surface area (Å²) in [6, 6.07) is -0.833. The van der Waals surface area contributed by atoms with Crippen LogP contribution in [0.5, 0.6) is 0 Å². The van der Waals surface area contributed by atoms with Gasteiger partial charge in [-0.2, -0.15) is 0 Å². The molecule has 1 heterocycles. The number of carbonyl (C=O) groups excluding carboxylic acids is 1. The summed E-state index contributed by atoms with van der Waals surface area (Å²) in [5.41, 5.74) is 0. The summed E-state index contributed by atoms with van der Waals surface area (Å²) in [5, 5.41) is 54.6. The Morgan fingerprint density at radius 1 is 0.467 bits per heavy atom. The van der Waals surface area contributed by atoms with Crippen molar-refractivity contribution >= 4 is 5.91 Å². The number of aliphatic hydroxyl groups excluding tert-OH is 5. The molecule has 7 atom stereocenters. The Kier molecular flexibility index (Phi) is 51.3. The maximum atomic E-state index is 13.1. The van der Waals surface area contributed by atoms with Crippen molar-refractivity contribution in [2.75, 3.05) is 13.2 Å². The number of hydrogen-bond acceptors (Lipinski definition) is 8. The van der Waals surface area contributed by atoms with Gasteiger partial charge >= 0.3 is 0 Å². The zero-order valence-corrected chi connectivity index (χ0v) is 48.3. The van der Waals surface area contributed by atoms with Crippen LogP contribution in [0.1, 0.15) is 271 Å². The van der Waals surface area contributed by atoms with E-state index in [1.165, 1.54) is 180 Å². The molecule has 0 saturated carbocycles. The molecule has 9 heteroatoms. The number of amides is 1. The number of rotatable bonds is 53. The first kappa shape index (κ1) is 70.4. The van der Waals surface area contributed by atoms with Crippen LogP contribution < -0.4 is 5.32 Å². The van der Waals surface area contributed by atoms with E-state index in [1.54, 1.807) is 6.08 Å². The first-order chi connectivity index (χ1) is 36.8. The maximum Gasteiger partial charge on any atom is 0.220 e. The van der Waals surface area contributed by atoms with Crippen molar-refractivity contribution < 1.29 is 39.8 Å². The van der Waals surface area contributed by atoms with E-state index in [9.17, 15) is 30.3 Å². The van der Waals surface area contributed by atoms with Gasteiger partial charge in [-0.15, -0.1) is 0 Å². The Bertz CT molecular complexity index is 1450. The van der Waals surface area contributed by atoms with Gasteiger partial charge in [-0.25, -0.2) is 0 Å². The highest BCUT2D eigenvalue weighted by Crippen LogP contribution is 2.23. The topological polar surface area (TPSA) is 149 Å². The molecule has 0 aliphatic carbocycles. The molecule has 0 aromatic carbocycles. The van der Waals surface area contributed by atoms with Crippen LogP contribution in [0.2, 0.25) is 0 Å². The van der Waals surface area contributed by atoms with E-state index in [0.29, 0.717) is 6.42 Å². The SMILES string of the molecule is CC/C=C\C/C=C\C/C=C\C/C=C\CCCCCCCCCCCCCCCCCCC(=O)NC(COC1OC(CO)C(O)C(O)C1O)C(O)/C=C/CC/C=C/CC/C=C/CCCCCCCCCCCCCCC. The molecule has 7 unspecified atom stereocenters. The fourth-order valence-electron chi connectivity index (χ4n) is 9.53. The first-order valence-corrected chi connectivity index (χ1v) is 31.3. The molecule has 434 valence electrons. The summed E-state index contributed by atoms with van der Waals surface area (Å²) >= 11 is 0. The van der Waals surface area contributed by atoms with E-state index in [0.717, 1.165) is 70.6 Å². The minimum Gasteiger partial charge on any atom is -0.394 e. The molecule has 1 aliphatic rings. The zero-order valence-electron chi connectivity index (χ0n) is 48.3. The molecule has 9 nitrogen and oxygen atoms in total. The monoisotopic (exact) mass is 1050 g/mol. The lowest BCUT2D eigenvalue weighted by Gasteiger charge is -2.40. The predicted octanol–water partition coefficient (Wildman–Crippen LogP) is 16.2. The predicted molar refractivity (Wildman–Crippen MR) is 318 cm³/mol. The second-order valence-electron chi connectivity index (χ2n) is 21.4. The van der Waals surface area contributed by atoms with Crippen LogP contribution >= 0.6 is 0 Å². The highest BCUT2D eigenvalue weighted by Gasteiger charge is 2.44. The van der Waals surface area contributed by atoms with E-state index in [2.05, 4.69) is 92.1 Å². The van der Waals surface area contributed by atoms with E-state index < -0.39 is 49.5 Å². The Morgan fingerprint density at radius 2 is 0.840 bits per heavy atom. The number of hydrogen-bond donors (Lipinski definition) is 6. The number of unbranched alkanes of at least 4 members (excludes halogenated alkanes) is 31. The number of aliphatic hydroxyl groups is 5. The van der Waals surface area contributed by atoms with E-state index in [1.807, 2.05) is 6.08 Å². The van der Waals surface area contributed by atoms with E-state index in [-0.39, 0.29) is 12.5 Å². The maximum absolute atomic E-state index is 13.1. The van der Waals surface area contributed by atoms with Crippen LogP contribution in [0.25, 0.3) is 0 Å². The van der Waals surface area contributed by atoms with Gasteiger partial charge in [0.15, 0.2) is 6.29 Å². The quantitative estimate of drug-likeness (QED) is 0.0261. The second kappa shape index (κ2) is 54.7. The average Bonchev–Trinajstić information content (AvgIpc) is 3.41. The van der Waals surface area contributed by atoms with Crippen LogP contribution in [-0.2, 0) is 14.3 Å². The highest BCUT2D eigenvalue weighted by atomic mass is 16.7. The number of nitrogens with one attached hydrogen (secondary N) is 1. The summed E-state index contributed by atoms with van der Waals surface area (Å²) in [5.74, 6) is -0.191. The van der Waals surface area contributed by atoms with Gasteiger partial charge in [0.2, 0.25) is 5.91 Å². The number of ether oxygens (including phenoxy) is 2. The lowest BCUT2D eigenvalue weighted by Crippen LogP contribution is -2.60. The molecule has 1 fully saturated rings. The molecule has 1 rings (SSSR count). The van der Waals surface area contributed by atoms with Crippen LogP contribution in [0, 0.1) is 0 Å². The van der Waals surface area contributed by atoms with Gasteiger partial charge in [0.1, 0.15) is 24.4 Å². The van der Waals surface area contributed by atoms with Gasteiger partial charge in [0.25, 0.3) is 0 Å². The van der Waals surface area contributed by atoms with Gasteiger partial charge in [0.05, 0.1) is 25.4 Å². The fraction of sp³-hybridized carbons (Fsp3) is 0.773. The second-order valence-corrected chi connectivity index (χ2v) is 21.4. The molecule has 0 aromatic heterocycles. The van der Waals surface area contributed by atoms with Gasteiger partial charge < -0.3 is 40.3 Å². The van der Waals surface area contributed by atoms with Crippen molar-refractivity contribution in [3.05, 3.63) is 85.1 Å². The standard InChI is InChI=1S/C66H117NO8/c1-3-5-7-9-11-13-15-17-19-21-23-25-27-28-29-30-31-32-34-36-38-40-42-44-46-48-50-52-54-56-62(70)67-59(58-74-66-65(73)64(72)63(71)61(57-68)75-66)60(69)55-53-51-49-47-45-43-41-39-37-35-33-26-24-22-20-18-16-14-12-10-8-6-4-2/h5,7,11,13,17,19,23,25,37,39,45,47,53,55,59-61,63-66,68-69,71-73H,3-4,6,8-10,12,14-16,18,20-22,24,26-36,38,40-44,46,48-52,54,56-58H2,1-2H3,(H,67,70)/b7-5-,13-11-,19-17-,25-23-,39-37+,47-45+,55-53+. The van der Waals surface area contributed by atoms with Crippen molar-refractivity contribution in [1.82, 2.24) is 5.32 Å². The molecule has 0 aromatic rings. The minimum absolute atomic E-state index is 0.191. The summed E-state index contributed by atoms with van der Waals surface area (Å²) in [6.07, 6.45) is 70.9. The first-order valence-electron chi connectivity index (χ1n) is 31.3. The Morgan fingerprint density at radius 3 is 1.28 bits per heavy atom. The molecule has 6 N–H and O–H groups in total. The van der Waals surface area contributed by atoms with Crippen molar-refractivity contribution in [3.8, 4) is 0 Å². The van der Waals surface area contributed by atoms with Crippen LogP contribution in [0.3, 0.4) is 0 Å². The summed E-state index contributed by atoms with van der Waals surface area (Å²) in [6.45, 7) is 3.67. The Hall–Kier alpha value is -2.63. The molecular weight excluding hydrogens is 935 g/mol. The van der Waals surface area contributed by atoms with E-state index >= 15 is 0 Å². The fourth-order valence-corrected chi connectivity index (χ4v) is 9.53. The minimum atomic E-state index is -1.58. The molecule has 1 saturated heterocycles. The van der Waals surface area contributed by atoms with Crippen molar-refractivity contribution in [1.29, 1.82) is 0 Å². The van der Waals surface area contributed by atoms with Crippen LogP contribution in [-0.4, -0.2) is 87.5 Å². The summed E-state index contributed by atoms with van der Waals surface area (Å²) < 4.78 is 11.3. The lowest BCUT2D eigenvalue weighted by molar-refractivity contribution is -0.302. The van der Waals surface area contributed by atoms with Crippen LogP contribution in [0.4, 0.5) is 0 Å². The van der Waals surface area contributed by atoms with Crippen LogP contribution in [0.15, 0.2) is 85.1 Å². The largest absolute Gasteiger partial charge is 0.394 e. The van der Waals surface area contributed by atoms with Gasteiger partial charge in [-0.3, -0.25) is 4.79 Å². The summed E-state index contributed by atoms with van der Waals surface area (Å²) in [7, 11) is 0. The van der Waals surface area contributed by atoms with Gasteiger partial charge in [0, 0.05) is 6.42 Å². The average molecular weight is 1050 g/mol. The number of allylic oxidation sites excluding steroid dienone is 13. The van der Waals surface area contributed by atoms with Gasteiger partial charge in [-0.1, -0.05) is 266 Å². The Labute approximate surface area is 461 Å². The van der Waals surface area contributed by atoms with E-state index in [4.69, 9.17) is 9.47 Å². The third-order valence-corrected chi connectivity index (χ3v) is 14.4. The summed E-state index contributed by atoms with van der Waals surface area (Å²) in [4.78, 5) is 13.1. The van der Waals surface area contributed by atoms with Crippen molar-refractivity contribution in [3.63, 3.8) is 0 Å².